The minimum Gasteiger partial charge on any atom is -0.503 e. The zero-order chi connectivity index (χ0) is 54.9. The topological polar surface area (TPSA) is 273 Å². The van der Waals surface area contributed by atoms with Crippen molar-refractivity contribution in [3.05, 3.63) is 35.9 Å². The molecule has 2 amide bonds. The van der Waals surface area contributed by atoms with Gasteiger partial charge in [-0.1, -0.05) is 67.2 Å². The van der Waals surface area contributed by atoms with Gasteiger partial charge in [0, 0.05) is 43.0 Å². The summed E-state index contributed by atoms with van der Waals surface area (Å²) < 4.78 is 49.0. The number of aromatic nitrogens is 2. The lowest BCUT2D eigenvalue weighted by Crippen LogP contribution is -2.44. The van der Waals surface area contributed by atoms with E-state index in [9.17, 15) is 38.7 Å². The molecule has 2 aromatic heterocycles. The summed E-state index contributed by atoms with van der Waals surface area (Å²) in [5.41, 5.74) is -0.393. The van der Waals surface area contributed by atoms with Gasteiger partial charge in [-0.05, 0) is 72.1 Å². The number of pyridine rings is 2. The van der Waals surface area contributed by atoms with Crippen molar-refractivity contribution in [1.82, 2.24) is 20.6 Å². The van der Waals surface area contributed by atoms with Gasteiger partial charge in [0.25, 0.3) is 11.8 Å². The number of methoxy groups -OCH3 is 2. The standard InChI is InChI=1S/C29H44N2O10.C24H36N2O7/c1-7-9-11-20-19(5)40-29(35)21(12-10-13-22(20)41-28(34)18(3)4)31-27(33)25-26(23(36-6)14-15-30-25)39-17-38-24(32)16-37-8-2;1-6-7-9-16-15(4)32-24(30)17(10-8-11-18(16)33-23(29)14(2)3)26-22(28)20-21(27)19(31-5)12-13-25-20/h14-15,18-22H,7-13,16-17H2,1-6H3,(H,31,33);12-18,27H,6-11H2,1-5H3,(H,26,28)/t19-,20-,21-,22-;15-,16-,17-,18-/m00/s1. The molecule has 0 aliphatic carbocycles. The van der Waals surface area contributed by atoms with E-state index in [1.165, 1.54) is 38.7 Å². The lowest BCUT2D eigenvalue weighted by molar-refractivity contribution is -0.165. The molecule has 4 rings (SSSR count). The Labute approximate surface area is 435 Å². The van der Waals surface area contributed by atoms with Gasteiger partial charge in [-0.15, -0.1) is 0 Å². The number of hydrogen-bond acceptors (Lipinski definition) is 19. The average molecular weight is 1050 g/mol. The maximum Gasteiger partial charge on any atom is 0.334 e. The zero-order valence-electron chi connectivity index (χ0n) is 45.1. The Bertz CT molecular complexity index is 2140. The van der Waals surface area contributed by atoms with Crippen molar-refractivity contribution in [2.24, 2.45) is 23.7 Å². The van der Waals surface area contributed by atoms with E-state index in [1.807, 2.05) is 0 Å². The van der Waals surface area contributed by atoms with Gasteiger partial charge in [0.2, 0.25) is 6.79 Å². The molecule has 8 atom stereocenters. The van der Waals surface area contributed by atoms with E-state index in [0.29, 0.717) is 38.7 Å². The summed E-state index contributed by atoms with van der Waals surface area (Å²) in [6.45, 7) is 16.2. The molecule has 0 bridgehead atoms. The first-order valence-corrected chi connectivity index (χ1v) is 25.9. The number of ether oxygens (including phenoxy) is 9. The molecule has 2 aliphatic heterocycles. The molecule has 2 fully saturated rings. The van der Waals surface area contributed by atoms with Crippen LogP contribution in [0.1, 0.15) is 160 Å². The third kappa shape index (κ3) is 19.2. The Kier molecular flexibility index (Phi) is 27.0. The molecule has 414 valence electrons. The van der Waals surface area contributed by atoms with Crippen LogP contribution in [-0.4, -0.2) is 127 Å². The first-order valence-electron chi connectivity index (χ1n) is 25.9. The summed E-state index contributed by atoms with van der Waals surface area (Å²) in [4.78, 5) is 96.7. The first kappa shape index (κ1) is 62.0. The van der Waals surface area contributed by atoms with Gasteiger partial charge in [0.05, 0.1) is 26.1 Å². The molecule has 0 spiro atoms. The highest BCUT2D eigenvalue weighted by atomic mass is 16.7. The Hall–Kier alpha value is -6.25. The second kappa shape index (κ2) is 32.1. The predicted octanol–water partition coefficient (Wildman–Crippen LogP) is 6.98. The highest BCUT2D eigenvalue weighted by Crippen LogP contribution is 2.33. The lowest BCUT2D eigenvalue weighted by atomic mass is 9.88. The van der Waals surface area contributed by atoms with Gasteiger partial charge in [-0.25, -0.2) is 24.4 Å². The Morgan fingerprint density at radius 2 is 1.16 bits per heavy atom. The van der Waals surface area contributed by atoms with Crippen LogP contribution >= 0.6 is 0 Å². The molecule has 0 unspecified atom stereocenters. The summed E-state index contributed by atoms with van der Waals surface area (Å²) in [7, 11) is 2.75. The number of rotatable bonds is 22. The molecule has 0 saturated carbocycles. The number of esters is 5. The molecular formula is C53H80N4O17. The largest absolute Gasteiger partial charge is 0.503 e. The third-order valence-corrected chi connectivity index (χ3v) is 12.6. The second-order valence-electron chi connectivity index (χ2n) is 18.9. The zero-order valence-corrected chi connectivity index (χ0v) is 45.1. The van der Waals surface area contributed by atoms with Crippen LogP contribution in [-0.2, 0) is 52.4 Å². The van der Waals surface area contributed by atoms with E-state index >= 15 is 0 Å². The van der Waals surface area contributed by atoms with Crippen LogP contribution in [0.15, 0.2) is 24.5 Å². The third-order valence-electron chi connectivity index (χ3n) is 12.6. The number of carbonyl (C=O) groups is 7. The monoisotopic (exact) mass is 1040 g/mol. The van der Waals surface area contributed by atoms with Crippen molar-refractivity contribution in [2.75, 3.05) is 34.2 Å². The SMILES string of the molecule is CCCC[C@H]1[C@H](C)OC(=O)[C@@H](NC(=O)c2nccc(OC)c2O)CCC[C@@H]1OC(=O)C(C)C.CCCC[C@H]1[C@H](C)OC(=O)[C@@H](NC(=O)c2nccc(OC)c2OCOC(=O)COCC)CCC[C@@H]1OC(=O)C(C)C. The molecule has 21 heteroatoms. The Balaban J connectivity index is 0.000000399. The van der Waals surface area contributed by atoms with Gasteiger partial charge in [-0.3, -0.25) is 19.2 Å². The maximum absolute atomic E-state index is 13.3. The number of amides is 2. The number of cyclic esters (lactones) is 2. The van der Waals surface area contributed by atoms with Crippen LogP contribution in [0.5, 0.6) is 23.0 Å². The minimum absolute atomic E-state index is 0.0539. The predicted molar refractivity (Wildman–Crippen MR) is 268 cm³/mol. The molecule has 0 aromatic carbocycles. The Morgan fingerprint density at radius 3 is 1.61 bits per heavy atom. The average Bonchev–Trinajstić information content (AvgIpc) is 3.45. The quantitative estimate of drug-likeness (QED) is 0.0609. The van der Waals surface area contributed by atoms with E-state index in [1.54, 1.807) is 48.5 Å². The van der Waals surface area contributed by atoms with Crippen molar-refractivity contribution in [3.63, 3.8) is 0 Å². The number of carbonyl (C=O) groups excluding carboxylic acids is 7. The van der Waals surface area contributed by atoms with Crippen LogP contribution in [0.4, 0.5) is 0 Å². The number of hydrogen-bond donors (Lipinski definition) is 3. The molecule has 2 aromatic rings. The fourth-order valence-electron chi connectivity index (χ4n) is 8.36. The van der Waals surface area contributed by atoms with E-state index in [0.717, 1.165) is 38.5 Å². The highest BCUT2D eigenvalue weighted by molar-refractivity contribution is 5.98. The van der Waals surface area contributed by atoms with Crippen molar-refractivity contribution in [1.29, 1.82) is 0 Å². The smallest absolute Gasteiger partial charge is 0.334 e. The van der Waals surface area contributed by atoms with Crippen molar-refractivity contribution in [3.8, 4) is 23.0 Å². The van der Waals surface area contributed by atoms with E-state index in [4.69, 9.17) is 42.6 Å². The number of aromatic hydroxyl groups is 1. The van der Waals surface area contributed by atoms with Gasteiger partial charge < -0.3 is 58.4 Å². The molecule has 2 saturated heterocycles. The van der Waals surface area contributed by atoms with Gasteiger partial charge >= 0.3 is 29.8 Å². The van der Waals surface area contributed by atoms with Crippen LogP contribution in [0.2, 0.25) is 0 Å². The van der Waals surface area contributed by atoms with Crippen LogP contribution in [0.3, 0.4) is 0 Å². The fraction of sp³-hybridized carbons (Fsp3) is 0.679. The second-order valence-corrected chi connectivity index (χ2v) is 18.9. The van der Waals surface area contributed by atoms with Gasteiger partial charge in [0.15, 0.2) is 34.4 Å². The normalized spacial score (nSPS) is 22.2. The van der Waals surface area contributed by atoms with Crippen molar-refractivity contribution < 1.29 is 81.3 Å². The molecule has 0 radical (unpaired) electrons. The highest BCUT2D eigenvalue weighted by Gasteiger charge is 2.38. The fourth-order valence-corrected chi connectivity index (χ4v) is 8.36. The summed E-state index contributed by atoms with van der Waals surface area (Å²) in [5, 5.41) is 15.5. The van der Waals surface area contributed by atoms with E-state index in [2.05, 4.69) is 34.4 Å². The van der Waals surface area contributed by atoms with E-state index < -0.39 is 72.7 Å². The number of nitrogens with zero attached hydrogens (tertiary/aromatic N) is 2. The molecule has 3 N–H and O–H groups in total. The molecule has 74 heavy (non-hydrogen) atoms. The van der Waals surface area contributed by atoms with Crippen molar-refractivity contribution >= 4 is 41.7 Å². The van der Waals surface area contributed by atoms with Gasteiger partial charge in [0.1, 0.15) is 43.1 Å². The summed E-state index contributed by atoms with van der Waals surface area (Å²) >= 11 is 0. The van der Waals surface area contributed by atoms with E-state index in [-0.39, 0.29) is 83.4 Å². The summed E-state index contributed by atoms with van der Waals surface area (Å²) in [5.74, 6) is -4.74. The molecule has 4 heterocycles. The molecule has 21 nitrogen and oxygen atoms in total. The Morgan fingerprint density at radius 1 is 0.703 bits per heavy atom. The number of unbranched alkanes of at least 4 members (excludes halogenated alkanes) is 2. The summed E-state index contributed by atoms with van der Waals surface area (Å²) in [6, 6.07) is 1.02. The minimum atomic E-state index is -0.971. The van der Waals surface area contributed by atoms with Gasteiger partial charge in [-0.2, -0.15) is 0 Å². The van der Waals surface area contributed by atoms with Crippen LogP contribution < -0.4 is 24.8 Å². The first-order chi connectivity index (χ1) is 35.3. The lowest BCUT2D eigenvalue weighted by Gasteiger charge is -2.31. The molecular weight excluding hydrogens is 965 g/mol. The molecule has 2 aliphatic rings. The maximum atomic E-state index is 13.3. The summed E-state index contributed by atoms with van der Waals surface area (Å²) in [6.07, 6.45) is 8.85. The van der Waals surface area contributed by atoms with Crippen LogP contribution in [0.25, 0.3) is 0 Å². The van der Waals surface area contributed by atoms with Crippen LogP contribution in [0, 0.1) is 23.7 Å². The number of nitrogens with one attached hydrogen (secondary N) is 2. The van der Waals surface area contributed by atoms with Crippen molar-refractivity contribution in [2.45, 2.75) is 176 Å².